The highest BCUT2D eigenvalue weighted by Gasteiger charge is 2.08. The molecule has 0 radical (unpaired) electrons. The Morgan fingerprint density at radius 2 is 2.24 bits per heavy atom. The number of nitrogens with zero attached hydrogens (tertiary/aromatic N) is 2. The van der Waals surface area contributed by atoms with Crippen LogP contribution in [0.2, 0.25) is 0 Å². The first-order valence-electron chi connectivity index (χ1n) is 6.99. The summed E-state index contributed by atoms with van der Waals surface area (Å²) in [5.41, 5.74) is 1.89. The molecule has 0 spiro atoms. The molecule has 5 heteroatoms. The van der Waals surface area contributed by atoms with Gasteiger partial charge < -0.3 is 14.6 Å². The van der Waals surface area contributed by atoms with Crippen LogP contribution < -0.4 is 5.32 Å². The van der Waals surface area contributed by atoms with Crippen molar-refractivity contribution in [2.45, 2.75) is 26.3 Å². The second-order valence-corrected chi connectivity index (χ2v) is 5.25. The fourth-order valence-electron chi connectivity index (χ4n) is 2.23. The Morgan fingerprint density at radius 1 is 1.43 bits per heavy atom. The van der Waals surface area contributed by atoms with Crippen molar-refractivity contribution in [3.05, 3.63) is 48.0 Å². The third kappa shape index (κ3) is 4.16. The van der Waals surface area contributed by atoms with Crippen LogP contribution in [0.3, 0.4) is 0 Å². The van der Waals surface area contributed by atoms with E-state index in [0.717, 1.165) is 23.6 Å². The third-order valence-corrected chi connectivity index (χ3v) is 3.10. The van der Waals surface area contributed by atoms with Crippen molar-refractivity contribution in [2.75, 3.05) is 19.0 Å². The second-order valence-electron chi connectivity index (χ2n) is 5.25. The molecular formula is C16H21N3O2. The van der Waals surface area contributed by atoms with Crippen LogP contribution in [0.1, 0.15) is 31.2 Å². The Hall–Kier alpha value is -2.14. The normalized spacial score (nSPS) is 10.9. The topological polar surface area (TPSA) is 56.1 Å². The summed E-state index contributed by atoms with van der Waals surface area (Å²) < 4.78 is 6.93. The van der Waals surface area contributed by atoms with Crippen LogP contribution in [0.5, 0.6) is 0 Å². The highest BCUT2D eigenvalue weighted by Crippen LogP contribution is 2.16. The van der Waals surface area contributed by atoms with E-state index in [2.05, 4.69) is 28.7 Å². The standard InChI is InChI=1S/C16H21N3O2/c1-12(2)16-17-7-8-19(16)10-13-5-4-6-14(9-13)18-15(20)11-21-3/h4-9,12H,10-11H2,1-3H3,(H,18,20). The van der Waals surface area contributed by atoms with Gasteiger partial charge in [-0.15, -0.1) is 0 Å². The Bertz CT molecular complexity index is 605. The zero-order valence-electron chi connectivity index (χ0n) is 12.7. The Morgan fingerprint density at radius 3 is 2.95 bits per heavy atom. The van der Waals surface area contributed by atoms with Gasteiger partial charge in [0, 0.05) is 37.7 Å². The zero-order valence-corrected chi connectivity index (χ0v) is 12.7. The number of carbonyl (C=O) groups is 1. The molecule has 0 saturated heterocycles. The van der Waals surface area contributed by atoms with Crippen LogP contribution in [0.25, 0.3) is 0 Å². The number of nitrogens with one attached hydrogen (secondary N) is 1. The molecule has 5 nitrogen and oxygen atoms in total. The van der Waals surface area contributed by atoms with Gasteiger partial charge in [0.05, 0.1) is 0 Å². The van der Waals surface area contributed by atoms with Gasteiger partial charge in [0.25, 0.3) is 0 Å². The van der Waals surface area contributed by atoms with E-state index in [1.807, 2.05) is 36.7 Å². The minimum Gasteiger partial charge on any atom is -0.375 e. The predicted molar refractivity (Wildman–Crippen MR) is 82.4 cm³/mol. The zero-order chi connectivity index (χ0) is 15.2. The summed E-state index contributed by atoms with van der Waals surface area (Å²) in [7, 11) is 1.50. The molecule has 0 aliphatic carbocycles. The minimum atomic E-state index is -0.153. The van der Waals surface area contributed by atoms with Gasteiger partial charge >= 0.3 is 0 Å². The third-order valence-electron chi connectivity index (χ3n) is 3.10. The van der Waals surface area contributed by atoms with Gasteiger partial charge in [-0.3, -0.25) is 4.79 Å². The van der Waals surface area contributed by atoms with Gasteiger partial charge in [-0.1, -0.05) is 26.0 Å². The molecule has 2 rings (SSSR count). The van der Waals surface area contributed by atoms with E-state index in [1.54, 1.807) is 0 Å². The first-order chi connectivity index (χ1) is 10.1. The van der Waals surface area contributed by atoms with Gasteiger partial charge in [-0.05, 0) is 17.7 Å². The van der Waals surface area contributed by atoms with Crippen LogP contribution >= 0.6 is 0 Å². The summed E-state index contributed by atoms with van der Waals surface area (Å²) in [6, 6.07) is 7.81. The molecule has 2 aromatic rings. The van der Waals surface area contributed by atoms with Gasteiger partial charge in [0.15, 0.2) is 0 Å². The number of anilines is 1. The maximum absolute atomic E-state index is 11.5. The van der Waals surface area contributed by atoms with Crippen LogP contribution in [-0.4, -0.2) is 29.2 Å². The first-order valence-corrected chi connectivity index (χ1v) is 6.99. The molecule has 0 aliphatic rings. The number of imidazole rings is 1. The lowest BCUT2D eigenvalue weighted by molar-refractivity contribution is -0.119. The summed E-state index contributed by atoms with van der Waals surface area (Å²) in [4.78, 5) is 15.9. The minimum absolute atomic E-state index is 0.0588. The van der Waals surface area contributed by atoms with E-state index < -0.39 is 0 Å². The lowest BCUT2D eigenvalue weighted by Crippen LogP contribution is -2.17. The molecule has 0 atom stereocenters. The number of aromatic nitrogens is 2. The number of benzene rings is 1. The number of carbonyl (C=O) groups excluding carboxylic acids is 1. The maximum atomic E-state index is 11.5. The number of rotatable bonds is 6. The number of methoxy groups -OCH3 is 1. The Labute approximate surface area is 125 Å². The second kappa shape index (κ2) is 7.04. The van der Waals surface area contributed by atoms with E-state index in [1.165, 1.54) is 7.11 Å². The number of amides is 1. The lowest BCUT2D eigenvalue weighted by atomic mass is 10.1. The number of ether oxygens (including phenoxy) is 1. The van der Waals surface area contributed by atoms with E-state index in [9.17, 15) is 4.79 Å². The summed E-state index contributed by atoms with van der Waals surface area (Å²) in [6.07, 6.45) is 3.80. The highest BCUT2D eigenvalue weighted by molar-refractivity contribution is 5.91. The molecular weight excluding hydrogens is 266 g/mol. The fraction of sp³-hybridized carbons (Fsp3) is 0.375. The van der Waals surface area contributed by atoms with Crippen LogP contribution in [-0.2, 0) is 16.1 Å². The number of hydrogen-bond donors (Lipinski definition) is 1. The average molecular weight is 287 g/mol. The van der Waals surface area contributed by atoms with Crippen molar-refractivity contribution in [2.24, 2.45) is 0 Å². The Balaban J connectivity index is 2.10. The van der Waals surface area contributed by atoms with Crippen molar-refractivity contribution in [1.29, 1.82) is 0 Å². The van der Waals surface area contributed by atoms with Crippen molar-refractivity contribution < 1.29 is 9.53 Å². The lowest BCUT2D eigenvalue weighted by Gasteiger charge is -2.11. The largest absolute Gasteiger partial charge is 0.375 e. The molecule has 0 fully saturated rings. The monoisotopic (exact) mass is 287 g/mol. The molecule has 21 heavy (non-hydrogen) atoms. The fourth-order valence-corrected chi connectivity index (χ4v) is 2.23. The van der Waals surface area contributed by atoms with Crippen LogP contribution in [0.4, 0.5) is 5.69 Å². The van der Waals surface area contributed by atoms with Crippen LogP contribution in [0, 0.1) is 0 Å². The first kappa shape index (κ1) is 15.3. The van der Waals surface area contributed by atoms with E-state index in [4.69, 9.17) is 4.74 Å². The molecule has 0 saturated carbocycles. The van der Waals surface area contributed by atoms with Crippen molar-refractivity contribution in [3.8, 4) is 0 Å². The molecule has 0 unspecified atom stereocenters. The molecule has 1 amide bonds. The average Bonchev–Trinajstić information content (AvgIpc) is 2.87. The number of hydrogen-bond acceptors (Lipinski definition) is 3. The Kier molecular flexibility index (Phi) is 5.11. The van der Waals surface area contributed by atoms with Crippen molar-refractivity contribution in [1.82, 2.24) is 9.55 Å². The summed E-state index contributed by atoms with van der Waals surface area (Å²) in [6.45, 7) is 5.05. The molecule has 1 aromatic heterocycles. The van der Waals surface area contributed by atoms with Gasteiger partial charge in [0.1, 0.15) is 12.4 Å². The van der Waals surface area contributed by atoms with Crippen LogP contribution in [0.15, 0.2) is 36.7 Å². The molecule has 112 valence electrons. The van der Waals surface area contributed by atoms with E-state index in [-0.39, 0.29) is 12.5 Å². The summed E-state index contributed by atoms with van der Waals surface area (Å²) in [5, 5.41) is 2.81. The summed E-state index contributed by atoms with van der Waals surface area (Å²) >= 11 is 0. The molecule has 1 aromatic carbocycles. The molecule has 0 aliphatic heterocycles. The molecule has 0 bridgehead atoms. The SMILES string of the molecule is COCC(=O)Nc1cccc(Cn2ccnc2C(C)C)c1. The summed E-state index contributed by atoms with van der Waals surface area (Å²) in [5.74, 6) is 1.29. The van der Waals surface area contributed by atoms with Crippen molar-refractivity contribution >= 4 is 11.6 Å². The van der Waals surface area contributed by atoms with Gasteiger partial charge in [-0.2, -0.15) is 0 Å². The van der Waals surface area contributed by atoms with Crippen molar-refractivity contribution in [3.63, 3.8) is 0 Å². The quantitative estimate of drug-likeness (QED) is 0.888. The highest BCUT2D eigenvalue weighted by atomic mass is 16.5. The smallest absolute Gasteiger partial charge is 0.250 e. The predicted octanol–water partition coefficient (Wildman–Crippen LogP) is 2.64. The van der Waals surface area contributed by atoms with Gasteiger partial charge in [0.2, 0.25) is 5.91 Å². The maximum Gasteiger partial charge on any atom is 0.250 e. The molecule has 1 N–H and O–H groups in total. The van der Waals surface area contributed by atoms with E-state index in [0.29, 0.717) is 5.92 Å². The van der Waals surface area contributed by atoms with E-state index >= 15 is 0 Å². The van der Waals surface area contributed by atoms with Gasteiger partial charge in [-0.25, -0.2) is 4.98 Å². The molecule has 1 heterocycles.